The minimum atomic E-state index is -0.433. The molecule has 1 aromatic carbocycles. The van der Waals surface area contributed by atoms with Gasteiger partial charge in [0.2, 0.25) is 0 Å². The van der Waals surface area contributed by atoms with Crippen molar-refractivity contribution in [3.05, 3.63) is 41.2 Å². The number of nitrogens with zero attached hydrogens (tertiary/aromatic N) is 2. The molecule has 1 fully saturated rings. The Labute approximate surface area is 120 Å². The van der Waals surface area contributed by atoms with Gasteiger partial charge in [-0.3, -0.25) is 0 Å². The van der Waals surface area contributed by atoms with Crippen molar-refractivity contribution in [2.24, 2.45) is 5.92 Å². The Morgan fingerprint density at radius 1 is 1.35 bits per heavy atom. The van der Waals surface area contributed by atoms with Gasteiger partial charge in [0, 0.05) is 13.1 Å². The van der Waals surface area contributed by atoms with Gasteiger partial charge in [-0.2, -0.15) is 0 Å². The zero-order chi connectivity index (χ0) is 14.8. The summed E-state index contributed by atoms with van der Waals surface area (Å²) < 4.78 is 5.32. The maximum Gasteiger partial charge on any atom is 0.410 e. The first-order chi connectivity index (χ1) is 9.37. The predicted octanol–water partition coefficient (Wildman–Crippen LogP) is 3.65. The van der Waals surface area contributed by atoms with Crippen molar-refractivity contribution in [1.82, 2.24) is 4.90 Å². The van der Waals surface area contributed by atoms with Crippen LogP contribution in [-0.4, -0.2) is 29.7 Å². The predicted molar refractivity (Wildman–Crippen MR) is 77.7 cm³/mol. The fourth-order valence-corrected chi connectivity index (χ4v) is 2.21. The van der Waals surface area contributed by atoms with Gasteiger partial charge in [-0.15, -0.1) is 0 Å². The molecule has 1 heterocycles. The minimum absolute atomic E-state index is 0.225. The van der Waals surface area contributed by atoms with Gasteiger partial charge in [-0.1, -0.05) is 29.8 Å². The number of amides is 1. The second-order valence-corrected chi connectivity index (χ2v) is 6.23. The zero-order valence-corrected chi connectivity index (χ0v) is 12.2. The standard InChI is InChI=1S/C16H20N2O2/c1-16(2,3)20-15(19)18-10-13(11-18)9-12-5-7-14(17-4)8-6-12/h5-8,13H,9-11H2,1-3H3. The molecule has 0 N–H and O–H groups in total. The van der Waals surface area contributed by atoms with E-state index in [4.69, 9.17) is 11.3 Å². The molecule has 0 atom stereocenters. The molecule has 2 rings (SSSR count). The van der Waals surface area contributed by atoms with Crippen molar-refractivity contribution in [3.63, 3.8) is 0 Å². The Morgan fingerprint density at radius 2 is 1.95 bits per heavy atom. The monoisotopic (exact) mass is 272 g/mol. The number of likely N-dealkylation sites (tertiary alicyclic amines) is 1. The molecule has 20 heavy (non-hydrogen) atoms. The second-order valence-electron chi connectivity index (χ2n) is 6.23. The van der Waals surface area contributed by atoms with Gasteiger partial charge in [-0.05, 0) is 33.1 Å². The van der Waals surface area contributed by atoms with Crippen LogP contribution in [0.25, 0.3) is 4.85 Å². The van der Waals surface area contributed by atoms with Gasteiger partial charge in [-0.25, -0.2) is 9.64 Å². The highest BCUT2D eigenvalue weighted by atomic mass is 16.6. The van der Waals surface area contributed by atoms with Crippen molar-refractivity contribution < 1.29 is 9.53 Å². The summed E-state index contributed by atoms with van der Waals surface area (Å²) in [4.78, 5) is 16.9. The summed E-state index contributed by atoms with van der Waals surface area (Å²) in [5.74, 6) is 0.487. The first kappa shape index (κ1) is 14.4. The number of benzene rings is 1. The summed E-state index contributed by atoms with van der Waals surface area (Å²) in [5, 5.41) is 0. The lowest BCUT2D eigenvalue weighted by Crippen LogP contribution is -2.52. The third-order valence-corrected chi connectivity index (χ3v) is 3.20. The van der Waals surface area contributed by atoms with E-state index in [1.54, 1.807) is 4.90 Å². The van der Waals surface area contributed by atoms with E-state index in [1.807, 2.05) is 45.0 Å². The molecule has 0 radical (unpaired) electrons. The fourth-order valence-electron chi connectivity index (χ4n) is 2.21. The van der Waals surface area contributed by atoms with E-state index in [0.29, 0.717) is 11.6 Å². The molecule has 1 aliphatic rings. The minimum Gasteiger partial charge on any atom is -0.444 e. The summed E-state index contributed by atoms with van der Waals surface area (Å²) in [5.41, 5.74) is 1.45. The molecule has 0 unspecified atom stereocenters. The van der Waals surface area contributed by atoms with Gasteiger partial charge >= 0.3 is 6.09 Å². The summed E-state index contributed by atoms with van der Waals surface area (Å²) in [6.07, 6.45) is 0.717. The van der Waals surface area contributed by atoms with Crippen LogP contribution >= 0.6 is 0 Å². The van der Waals surface area contributed by atoms with E-state index in [-0.39, 0.29) is 6.09 Å². The van der Waals surface area contributed by atoms with Gasteiger partial charge in [0.05, 0.1) is 6.57 Å². The van der Waals surface area contributed by atoms with Gasteiger partial charge in [0.1, 0.15) is 5.60 Å². The van der Waals surface area contributed by atoms with Crippen LogP contribution in [0.5, 0.6) is 0 Å². The molecule has 0 bridgehead atoms. The van der Waals surface area contributed by atoms with Crippen molar-refractivity contribution in [1.29, 1.82) is 0 Å². The summed E-state index contributed by atoms with van der Waals surface area (Å²) in [6.45, 7) is 14.0. The molecule has 1 amide bonds. The molecule has 1 saturated heterocycles. The van der Waals surface area contributed by atoms with Crippen LogP contribution in [0.1, 0.15) is 26.3 Å². The third-order valence-electron chi connectivity index (χ3n) is 3.20. The smallest absolute Gasteiger partial charge is 0.410 e. The Hall–Kier alpha value is -2.02. The normalized spacial score (nSPS) is 15.4. The summed E-state index contributed by atoms with van der Waals surface area (Å²) >= 11 is 0. The molecular formula is C16H20N2O2. The first-order valence-corrected chi connectivity index (χ1v) is 6.82. The number of carbonyl (C=O) groups is 1. The molecule has 1 aromatic rings. The number of carbonyl (C=O) groups excluding carboxylic acids is 1. The van der Waals surface area contributed by atoms with Crippen LogP contribution in [0.4, 0.5) is 10.5 Å². The van der Waals surface area contributed by atoms with Crippen LogP contribution in [0, 0.1) is 12.5 Å². The second kappa shape index (κ2) is 5.54. The highest BCUT2D eigenvalue weighted by molar-refractivity contribution is 5.69. The highest BCUT2D eigenvalue weighted by Crippen LogP contribution is 2.23. The SMILES string of the molecule is [C-]#[N+]c1ccc(CC2CN(C(=O)OC(C)(C)C)C2)cc1. The third kappa shape index (κ3) is 3.74. The van der Waals surface area contributed by atoms with E-state index in [2.05, 4.69) is 4.85 Å². The fraction of sp³-hybridized carbons (Fsp3) is 0.500. The topological polar surface area (TPSA) is 33.9 Å². The maximum absolute atomic E-state index is 11.8. The van der Waals surface area contributed by atoms with Crippen LogP contribution in [-0.2, 0) is 11.2 Å². The molecule has 4 heteroatoms. The highest BCUT2D eigenvalue weighted by Gasteiger charge is 2.33. The lowest BCUT2D eigenvalue weighted by atomic mass is 9.92. The quantitative estimate of drug-likeness (QED) is 0.770. The lowest BCUT2D eigenvalue weighted by molar-refractivity contribution is -0.000876. The van der Waals surface area contributed by atoms with Crippen molar-refractivity contribution in [3.8, 4) is 0 Å². The molecular weight excluding hydrogens is 252 g/mol. The molecule has 0 saturated carbocycles. The van der Waals surface area contributed by atoms with Crippen molar-refractivity contribution in [2.45, 2.75) is 32.8 Å². The molecule has 1 aliphatic heterocycles. The number of hydrogen-bond donors (Lipinski definition) is 0. The van der Waals surface area contributed by atoms with E-state index >= 15 is 0 Å². The Morgan fingerprint density at radius 3 is 2.45 bits per heavy atom. The molecule has 4 nitrogen and oxygen atoms in total. The zero-order valence-electron chi connectivity index (χ0n) is 12.2. The van der Waals surface area contributed by atoms with E-state index in [1.165, 1.54) is 5.56 Å². The molecule has 106 valence electrons. The molecule has 0 spiro atoms. The van der Waals surface area contributed by atoms with E-state index in [0.717, 1.165) is 19.5 Å². The van der Waals surface area contributed by atoms with E-state index < -0.39 is 5.60 Å². The van der Waals surface area contributed by atoms with Gasteiger partial charge < -0.3 is 9.64 Å². The number of hydrogen-bond acceptors (Lipinski definition) is 2. The van der Waals surface area contributed by atoms with E-state index in [9.17, 15) is 4.79 Å². The average Bonchev–Trinajstić information content (AvgIpc) is 2.31. The van der Waals surface area contributed by atoms with Gasteiger partial charge in [0.25, 0.3) is 0 Å². The molecule has 0 aromatic heterocycles. The summed E-state index contributed by atoms with van der Waals surface area (Å²) in [7, 11) is 0. The molecule has 0 aliphatic carbocycles. The van der Waals surface area contributed by atoms with Crippen molar-refractivity contribution in [2.75, 3.05) is 13.1 Å². The first-order valence-electron chi connectivity index (χ1n) is 6.82. The average molecular weight is 272 g/mol. The Kier molecular flexibility index (Phi) is 3.99. The maximum atomic E-state index is 11.8. The van der Waals surface area contributed by atoms with Crippen molar-refractivity contribution >= 4 is 11.8 Å². The Balaban J connectivity index is 1.79. The Bertz CT molecular complexity index is 517. The van der Waals surface area contributed by atoms with Crippen LogP contribution < -0.4 is 0 Å². The van der Waals surface area contributed by atoms with Gasteiger partial charge in [0.15, 0.2) is 5.69 Å². The number of rotatable bonds is 2. The lowest BCUT2D eigenvalue weighted by Gasteiger charge is -2.39. The van der Waals surface area contributed by atoms with Crippen LogP contribution in [0.2, 0.25) is 0 Å². The number of ether oxygens (including phenoxy) is 1. The van der Waals surface area contributed by atoms with Crippen LogP contribution in [0.3, 0.4) is 0 Å². The summed E-state index contributed by atoms with van der Waals surface area (Å²) in [6, 6.07) is 7.66. The van der Waals surface area contributed by atoms with Crippen LogP contribution in [0.15, 0.2) is 24.3 Å². The largest absolute Gasteiger partial charge is 0.444 e.